The maximum Gasteiger partial charge on any atom is 0.309 e. The quantitative estimate of drug-likeness (QED) is 0.673. The first kappa shape index (κ1) is 21.8. The number of nitrogens with zero attached hydrogens (tertiary/aromatic N) is 2. The molecule has 2 aliphatic rings. The van der Waals surface area contributed by atoms with E-state index in [0.717, 1.165) is 30.8 Å². The highest BCUT2D eigenvalue weighted by Gasteiger charge is 2.29. The molecule has 2 amide bonds. The van der Waals surface area contributed by atoms with Gasteiger partial charge in [0, 0.05) is 25.0 Å². The van der Waals surface area contributed by atoms with Crippen molar-refractivity contribution in [2.24, 2.45) is 11.7 Å². The highest BCUT2D eigenvalue weighted by atomic mass is 16.5. The molecule has 1 aliphatic heterocycles. The Balaban J connectivity index is 1.26. The molecule has 1 saturated heterocycles. The SMILES string of the molecule is C[C@H](OC(=O)C1CCN(c2ccc(C(N)=O)cn2)CC1)C(=O)Nc1ccc2c(c1)CCC2. The van der Waals surface area contributed by atoms with E-state index < -0.39 is 12.0 Å². The van der Waals surface area contributed by atoms with Gasteiger partial charge in [0.05, 0.1) is 11.5 Å². The fourth-order valence-corrected chi connectivity index (χ4v) is 4.28. The molecular weight excluding hydrogens is 408 g/mol. The number of anilines is 2. The molecule has 32 heavy (non-hydrogen) atoms. The summed E-state index contributed by atoms with van der Waals surface area (Å²) in [4.78, 5) is 42.6. The zero-order chi connectivity index (χ0) is 22.7. The number of esters is 1. The van der Waals surface area contributed by atoms with Crippen LogP contribution in [0.1, 0.15) is 47.7 Å². The van der Waals surface area contributed by atoms with Crippen LogP contribution in [-0.4, -0.2) is 42.0 Å². The number of benzene rings is 1. The predicted molar refractivity (Wildman–Crippen MR) is 120 cm³/mol. The summed E-state index contributed by atoms with van der Waals surface area (Å²) in [6.07, 6.45) is 5.08. The summed E-state index contributed by atoms with van der Waals surface area (Å²) in [5, 5.41) is 2.86. The van der Waals surface area contributed by atoms with Crippen molar-refractivity contribution >= 4 is 29.3 Å². The van der Waals surface area contributed by atoms with E-state index in [-0.39, 0.29) is 17.8 Å². The average Bonchev–Trinajstić information content (AvgIpc) is 3.27. The van der Waals surface area contributed by atoms with Gasteiger partial charge < -0.3 is 20.7 Å². The fourth-order valence-electron chi connectivity index (χ4n) is 4.28. The lowest BCUT2D eigenvalue weighted by Gasteiger charge is -2.32. The largest absolute Gasteiger partial charge is 0.452 e. The van der Waals surface area contributed by atoms with E-state index in [1.807, 2.05) is 12.1 Å². The molecule has 8 heteroatoms. The van der Waals surface area contributed by atoms with Gasteiger partial charge in [-0.15, -0.1) is 0 Å². The number of amides is 2. The van der Waals surface area contributed by atoms with Crippen molar-refractivity contribution in [3.8, 4) is 0 Å². The van der Waals surface area contributed by atoms with E-state index in [9.17, 15) is 14.4 Å². The van der Waals surface area contributed by atoms with Crippen LogP contribution in [0.4, 0.5) is 11.5 Å². The van der Waals surface area contributed by atoms with Crippen LogP contribution in [0.3, 0.4) is 0 Å². The molecule has 0 saturated carbocycles. The van der Waals surface area contributed by atoms with Gasteiger partial charge in [0.25, 0.3) is 5.91 Å². The third-order valence-electron chi connectivity index (χ3n) is 6.21. The molecule has 8 nitrogen and oxygen atoms in total. The van der Waals surface area contributed by atoms with Crippen LogP contribution < -0.4 is 16.0 Å². The van der Waals surface area contributed by atoms with Gasteiger partial charge in [-0.1, -0.05) is 6.07 Å². The van der Waals surface area contributed by atoms with Gasteiger partial charge in [-0.25, -0.2) is 4.98 Å². The van der Waals surface area contributed by atoms with E-state index in [4.69, 9.17) is 10.5 Å². The molecule has 168 valence electrons. The molecule has 4 rings (SSSR count). The Morgan fingerprint density at radius 3 is 2.56 bits per heavy atom. The van der Waals surface area contributed by atoms with E-state index in [0.29, 0.717) is 31.5 Å². The Morgan fingerprint density at radius 2 is 1.88 bits per heavy atom. The number of ether oxygens (including phenoxy) is 1. The number of aromatic nitrogens is 1. The van der Waals surface area contributed by atoms with Crippen LogP contribution >= 0.6 is 0 Å². The number of piperidine rings is 1. The maximum absolute atomic E-state index is 12.6. The normalized spacial score (nSPS) is 16.8. The van der Waals surface area contributed by atoms with Crippen molar-refractivity contribution in [2.45, 2.75) is 45.1 Å². The molecule has 0 spiro atoms. The second-order valence-electron chi connectivity index (χ2n) is 8.44. The Kier molecular flexibility index (Phi) is 6.39. The van der Waals surface area contributed by atoms with E-state index in [2.05, 4.69) is 21.3 Å². The minimum absolute atomic E-state index is 0.258. The van der Waals surface area contributed by atoms with E-state index in [1.165, 1.54) is 17.3 Å². The van der Waals surface area contributed by atoms with Gasteiger partial charge in [-0.2, -0.15) is 0 Å². The summed E-state index contributed by atoms with van der Waals surface area (Å²) in [5.74, 6) is -0.708. The van der Waals surface area contributed by atoms with Crippen LogP contribution in [0.2, 0.25) is 0 Å². The third-order valence-corrected chi connectivity index (χ3v) is 6.21. The molecule has 3 N–H and O–H groups in total. The van der Waals surface area contributed by atoms with Crippen LogP contribution in [-0.2, 0) is 27.2 Å². The molecule has 1 atom stereocenters. The molecule has 2 heterocycles. The smallest absolute Gasteiger partial charge is 0.309 e. The van der Waals surface area contributed by atoms with Gasteiger partial charge in [0.15, 0.2) is 6.10 Å². The summed E-state index contributed by atoms with van der Waals surface area (Å²) in [6, 6.07) is 9.36. The molecule has 0 unspecified atom stereocenters. The Hall–Kier alpha value is -3.42. The molecule has 1 aromatic heterocycles. The molecule has 0 radical (unpaired) electrons. The molecular formula is C24H28N4O4. The lowest BCUT2D eigenvalue weighted by atomic mass is 9.97. The number of nitrogens with one attached hydrogen (secondary N) is 1. The zero-order valence-electron chi connectivity index (χ0n) is 18.2. The Bertz CT molecular complexity index is 1010. The lowest BCUT2D eigenvalue weighted by Crippen LogP contribution is -2.39. The number of pyridine rings is 1. The highest BCUT2D eigenvalue weighted by molar-refractivity contribution is 5.95. The highest BCUT2D eigenvalue weighted by Crippen LogP contribution is 2.26. The molecule has 1 fully saturated rings. The second kappa shape index (κ2) is 9.38. The van der Waals surface area contributed by atoms with Crippen molar-refractivity contribution in [3.05, 3.63) is 53.2 Å². The number of rotatable bonds is 6. The van der Waals surface area contributed by atoms with Crippen molar-refractivity contribution in [1.29, 1.82) is 0 Å². The summed E-state index contributed by atoms with van der Waals surface area (Å²) in [6.45, 7) is 2.87. The minimum atomic E-state index is -0.864. The van der Waals surface area contributed by atoms with Gasteiger partial charge in [-0.3, -0.25) is 14.4 Å². The summed E-state index contributed by atoms with van der Waals surface area (Å²) in [7, 11) is 0. The van der Waals surface area contributed by atoms with Crippen LogP contribution in [0.25, 0.3) is 0 Å². The van der Waals surface area contributed by atoms with Gasteiger partial charge in [0.1, 0.15) is 5.82 Å². The predicted octanol–water partition coefficient (Wildman–Crippen LogP) is 2.46. The van der Waals surface area contributed by atoms with E-state index in [1.54, 1.807) is 19.1 Å². The first-order valence-electron chi connectivity index (χ1n) is 11.0. The van der Waals surface area contributed by atoms with Crippen molar-refractivity contribution in [1.82, 2.24) is 4.98 Å². The number of carbonyl (C=O) groups excluding carboxylic acids is 3. The number of aryl methyl sites for hydroxylation is 2. The number of nitrogens with two attached hydrogens (primary N) is 1. The van der Waals surface area contributed by atoms with Crippen LogP contribution in [0.15, 0.2) is 36.5 Å². The Morgan fingerprint density at radius 1 is 1.12 bits per heavy atom. The van der Waals surface area contributed by atoms with Crippen molar-refractivity contribution in [3.63, 3.8) is 0 Å². The average molecular weight is 437 g/mol. The third kappa shape index (κ3) is 4.90. The van der Waals surface area contributed by atoms with Crippen molar-refractivity contribution < 1.29 is 19.1 Å². The summed E-state index contributed by atoms with van der Waals surface area (Å²) >= 11 is 0. The first-order valence-corrected chi connectivity index (χ1v) is 11.0. The topological polar surface area (TPSA) is 115 Å². The van der Waals surface area contributed by atoms with Crippen LogP contribution in [0, 0.1) is 5.92 Å². The zero-order valence-corrected chi connectivity index (χ0v) is 18.2. The molecule has 1 aliphatic carbocycles. The van der Waals surface area contributed by atoms with Gasteiger partial charge >= 0.3 is 5.97 Å². The maximum atomic E-state index is 12.6. The number of hydrogen-bond donors (Lipinski definition) is 2. The molecule has 0 bridgehead atoms. The lowest BCUT2D eigenvalue weighted by molar-refractivity contribution is -0.157. The number of carbonyl (C=O) groups is 3. The summed E-state index contributed by atoms with van der Waals surface area (Å²) < 4.78 is 5.46. The van der Waals surface area contributed by atoms with Crippen LogP contribution in [0.5, 0.6) is 0 Å². The Labute approximate surface area is 187 Å². The first-order chi connectivity index (χ1) is 15.4. The standard InChI is InChI=1S/C24H28N4O4/c1-15(23(30)27-20-7-5-16-3-2-4-18(16)13-20)32-24(31)17-9-11-28(12-10-17)21-8-6-19(14-26-21)22(25)29/h5-8,13-15,17H,2-4,9-12H2,1H3,(H2,25,29)(H,27,30)/t15-/m0/s1. The van der Waals surface area contributed by atoms with E-state index >= 15 is 0 Å². The number of hydrogen-bond acceptors (Lipinski definition) is 6. The summed E-state index contributed by atoms with van der Waals surface area (Å²) in [5.41, 5.74) is 8.96. The second-order valence-corrected chi connectivity index (χ2v) is 8.44. The molecule has 1 aromatic carbocycles. The van der Waals surface area contributed by atoms with Crippen molar-refractivity contribution in [2.75, 3.05) is 23.3 Å². The monoisotopic (exact) mass is 436 g/mol. The molecule has 2 aromatic rings. The fraction of sp³-hybridized carbons (Fsp3) is 0.417. The number of primary amides is 1. The van der Waals surface area contributed by atoms with Gasteiger partial charge in [-0.05, 0) is 74.4 Å². The minimum Gasteiger partial charge on any atom is -0.452 e. The number of fused-ring (bicyclic) bond motifs is 1. The van der Waals surface area contributed by atoms with Gasteiger partial charge in [0.2, 0.25) is 5.91 Å².